The first-order valence-corrected chi connectivity index (χ1v) is 4.22. The fourth-order valence-electron chi connectivity index (χ4n) is 1.12. The molecule has 7 heteroatoms. The summed E-state index contributed by atoms with van der Waals surface area (Å²) < 4.78 is 9.94. The summed E-state index contributed by atoms with van der Waals surface area (Å²) in [6.07, 6.45) is 1.35. The molecule has 0 saturated heterocycles. The fourth-order valence-corrected chi connectivity index (χ4v) is 1.12. The van der Waals surface area contributed by atoms with Crippen molar-refractivity contribution >= 4 is 11.2 Å². The van der Waals surface area contributed by atoms with Gasteiger partial charge in [0.1, 0.15) is 12.9 Å². The maximum absolute atomic E-state index is 5.04. The van der Waals surface area contributed by atoms with Crippen molar-refractivity contribution in [3.05, 3.63) is 12.2 Å². The van der Waals surface area contributed by atoms with E-state index in [4.69, 9.17) is 9.47 Å². The highest BCUT2D eigenvalue weighted by Crippen LogP contribution is 2.15. The smallest absolute Gasteiger partial charge is 0.245 e. The molecule has 78 valence electrons. The van der Waals surface area contributed by atoms with Crippen molar-refractivity contribution in [3.8, 4) is 5.88 Å². The van der Waals surface area contributed by atoms with Crippen LogP contribution in [-0.4, -0.2) is 39.4 Å². The zero-order valence-electron chi connectivity index (χ0n) is 8.34. The van der Waals surface area contributed by atoms with Gasteiger partial charge in [0.25, 0.3) is 0 Å². The zero-order chi connectivity index (χ0) is 10.7. The number of methoxy groups -OCH3 is 2. The van der Waals surface area contributed by atoms with Crippen LogP contribution >= 0.6 is 0 Å². The minimum atomic E-state index is 0.293. The summed E-state index contributed by atoms with van der Waals surface area (Å²) in [5, 5.41) is 7.72. The number of fused-ring (bicyclic) bond motifs is 1. The molecule has 0 fully saturated rings. The van der Waals surface area contributed by atoms with Crippen LogP contribution in [0.25, 0.3) is 11.2 Å². The van der Waals surface area contributed by atoms with Crippen LogP contribution in [0.1, 0.15) is 5.82 Å². The Labute approximate surface area is 85.5 Å². The molecule has 0 spiro atoms. The first kappa shape index (κ1) is 9.66. The number of hydrogen-bond donors (Lipinski definition) is 0. The van der Waals surface area contributed by atoms with E-state index in [1.807, 2.05) is 0 Å². The van der Waals surface area contributed by atoms with Gasteiger partial charge in [-0.05, 0) is 0 Å². The lowest BCUT2D eigenvalue weighted by atomic mass is 10.5. The molecule has 15 heavy (non-hydrogen) atoms. The monoisotopic (exact) mass is 207 g/mol. The highest BCUT2D eigenvalue weighted by molar-refractivity contribution is 5.74. The molecule has 7 nitrogen and oxygen atoms in total. The normalized spacial score (nSPS) is 10.5. The van der Waals surface area contributed by atoms with E-state index in [9.17, 15) is 0 Å². The Morgan fingerprint density at radius 3 is 2.80 bits per heavy atom. The largest absolute Gasteiger partial charge is 0.479 e. The first-order valence-electron chi connectivity index (χ1n) is 4.22. The van der Waals surface area contributed by atoms with Crippen LogP contribution in [0.2, 0.25) is 0 Å². The molecule has 0 atom stereocenters. The molecule has 0 aromatic carbocycles. The second-order valence-electron chi connectivity index (χ2n) is 2.72. The fraction of sp³-hybridized carbons (Fsp3) is 0.375. The van der Waals surface area contributed by atoms with Crippen LogP contribution in [0.15, 0.2) is 6.33 Å². The molecular formula is C8H9N5O2. The number of rotatable bonds is 3. The lowest BCUT2D eigenvalue weighted by molar-refractivity contribution is 0.177. The number of aromatic nitrogens is 5. The van der Waals surface area contributed by atoms with E-state index in [0.29, 0.717) is 29.5 Å². The van der Waals surface area contributed by atoms with Crippen LogP contribution < -0.4 is 4.74 Å². The highest BCUT2D eigenvalue weighted by atomic mass is 16.5. The van der Waals surface area contributed by atoms with E-state index in [1.54, 1.807) is 7.11 Å². The Balaban J connectivity index is 2.57. The third kappa shape index (κ3) is 1.82. The molecular weight excluding hydrogens is 198 g/mol. The van der Waals surface area contributed by atoms with Gasteiger partial charge in [0, 0.05) is 7.11 Å². The van der Waals surface area contributed by atoms with Crippen molar-refractivity contribution in [1.82, 2.24) is 25.1 Å². The van der Waals surface area contributed by atoms with Crippen molar-refractivity contribution in [3.63, 3.8) is 0 Å². The van der Waals surface area contributed by atoms with Gasteiger partial charge in [0.05, 0.1) is 7.11 Å². The van der Waals surface area contributed by atoms with Gasteiger partial charge in [-0.25, -0.2) is 9.97 Å². The van der Waals surface area contributed by atoms with Gasteiger partial charge >= 0.3 is 0 Å². The summed E-state index contributed by atoms with van der Waals surface area (Å²) in [6.45, 7) is 0.293. The third-order valence-corrected chi connectivity index (χ3v) is 1.74. The van der Waals surface area contributed by atoms with Crippen LogP contribution in [0.5, 0.6) is 5.88 Å². The zero-order valence-corrected chi connectivity index (χ0v) is 8.34. The Hall–Kier alpha value is -1.89. The lowest BCUT2D eigenvalue weighted by Gasteiger charge is -2.02. The van der Waals surface area contributed by atoms with Crippen LogP contribution in [0, 0.1) is 0 Å². The van der Waals surface area contributed by atoms with E-state index in [-0.39, 0.29) is 0 Å². The molecule has 0 radical (unpaired) electrons. The average Bonchev–Trinajstić information content (AvgIpc) is 2.28. The van der Waals surface area contributed by atoms with Gasteiger partial charge in [-0.1, -0.05) is 0 Å². The van der Waals surface area contributed by atoms with Crippen molar-refractivity contribution in [2.24, 2.45) is 0 Å². The minimum absolute atomic E-state index is 0.293. The van der Waals surface area contributed by atoms with Crippen molar-refractivity contribution in [2.45, 2.75) is 6.61 Å². The van der Waals surface area contributed by atoms with Gasteiger partial charge < -0.3 is 9.47 Å². The van der Waals surface area contributed by atoms with E-state index in [2.05, 4.69) is 25.1 Å². The number of hydrogen-bond acceptors (Lipinski definition) is 7. The van der Waals surface area contributed by atoms with E-state index >= 15 is 0 Å². The summed E-state index contributed by atoms with van der Waals surface area (Å²) in [7, 11) is 3.08. The summed E-state index contributed by atoms with van der Waals surface area (Å²) >= 11 is 0. The molecule has 0 amide bonds. The Morgan fingerprint density at radius 1 is 1.20 bits per heavy atom. The highest BCUT2D eigenvalue weighted by Gasteiger charge is 2.08. The van der Waals surface area contributed by atoms with Crippen LogP contribution in [0.4, 0.5) is 0 Å². The summed E-state index contributed by atoms with van der Waals surface area (Å²) in [5.74, 6) is 0.852. The average molecular weight is 207 g/mol. The predicted molar refractivity (Wildman–Crippen MR) is 50.2 cm³/mol. The third-order valence-electron chi connectivity index (χ3n) is 1.74. The molecule has 2 aromatic heterocycles. The van der Waals surface area contributed by atoms with Gasteiger partial charge in [0.15, 0.2) is 11.3 Å². The molecule has 2 rings (SSSR count). The molecule has 0 N–H and O–H groups in total. The predicted octanol–water partition coefficient (Wildman–Crippen LogP) is -0.0302. The van der Waals surface area contributed by atoms with E-state index < -0.39 is 0 Å². The molecule has 0 aliphatic carbocycles. The van der Waals surface area contributed by atoms with Crippen molar-refractivity contribution in [2.75, 3.05) is 14.2 Å². The van der Waals surface area contributed by atoms with Gasteiger partial charge in [-0.3, -0.25) is 0 Å². The SMILES string of the molecule is COCc1nnc2ncnc(OC)c2n1. The molecule has 0 saturated carbocycles. The molecule has 0 aliphatic heterocycles. The Kier molecular flexibility index (Phi) is 2.64. The summed E-state index contributed by atoms with van der Waals surface area (Å²) in [5.41, 5.74) is 0.892. The quantitative estimate of drug-likeness (QED) is 0.698. The van der Waals surface area contributed by atoms with Gasteiger partial charge in [0.2, 0.25) is 11.5 Å². The second-order valence-corrected chi connectivity index (χ2v) is 2.72. The minimum Gasteiger partial charge on any atom is -0.479 e. The molecule has 2 heterocycles. The summed E-state index contributed by atoms with van der Waals surface area (Å²) in [6, 6.07) is 0. The Bertz CT molecular complexity index is 476. The lowest BCUT2D eigenvalue weighted by Crippen LogP contribution is -2.03. The molecule has 2 aromatic rings. The Morgan fingerprint density at radius 2 is 2.07 bits per heavy atom. The molecule has 0 aliphatic rings. The van der Waals surface area contributed by atoms with Crippen molar-refractivity contribution < 1.29 is 9.47 Å². The van der Waals surface area contributed by atoms with Gasteiger partial charge in [-0.2, -0.15) is 4.98 Å². The topological polar surface area (TPSA) is 82.9 Å². The molecule has 0 unspecified atom stereocenters. The summed E-state index contributed by atoms with van der Waals surface area (Å²) in [4.78, 5) is 12.0. The first-order chi connectivity index (χ1) is 7.35. The van der Waals surface area contributed by atoms with Crippen LogP contribution in [0.3, 0.4) is 0 Å². The van der Waals surface area contributed by atoms with Crippen molar-refractivity contribution in [1.29, 1.82) is 0 Å². The standard InChI is InChI=1S/C8H9N5O2/c1-14-3-5-11-6-7(13-12-5)9-4-10-8(6)15-2/h4H,3H2,1-2H3. The van der Waals surface area contributed by atoms with E-state index in [0.717, 1.165) is 0 Å². The number of nitrogens with zero attached hydrogens (tertiary/aromatic N) is 5. The van der Waals surface area contributed by atoms with Crippen LogP contribution in [-0.2, 0) is 11.3 Å². The maximum Gasteiger partial charge on any atom is 0.245 e. The second kappa shape index (κ2) is 4.09. The van der Waals surface area contributed by atoms with E-state index in [1.165, 1.54) is 13.4 Å². The molecule has 0 bridgehead atoms. The maximum atomic E-state index is 5.04. The number of ether oxygens (including phenoxy) is 2. The van der Waals surface area contributed by atoms with Gasteiger partial charge in [-0.15, -0.1) is 10.2 Å².